The minimum Gasteiger partial charge on any atom is -0.480 e. The van der Waals surface area contributed by atoms with Crippen LogP contribution in [0.3, 0.4) is 0 Å². The molecular weight excluding hydrogens is 264 g/mol. The Labute approximate surface area is 118 Å². The molecule has 0 aromatic heterocycles. The van der Waals surface area contributed by atoms with E-state index in [0.29, 0.717) is 12.3 Å². The Kier molecular flexibility index (Phi) is 3.99. The third-order valence-corrected chi connectivity index (χ3v) is 5.52. The minimum absolute atomic E-state index is 0.0480. The number of hydrogen-bond donors (Lipinski definition) is 2. The van der Waals surface area contributed by atoms with Gasteiger partial charge in [-0.25, -0.2) is 9.59 Å². The summed E-state index contributed by atoms with van der Waals surface area (Å²) in [6, 6.07) is -0.936. The number of amides is 2. The zero-order chi connectivity index (χ0) is 14.2. The van der Waals surface area contributed by atoms with E-state index in [0.717, 1.165) is 12.8 Å². The summed E-state index contributed by atoms with van der Waals surface area (Å²) in [6.07, 6.45) is 2.27. The van der Waals surface area contributed by atoms with Gasteiger partial charge in [0.25, 0.3) is 0 Å². The third-order valence-electron chi connectivity index (χ3n) is 3.89. The van der Waals surface area contributed by atoms with Crippen molar-refractivity contribution in [2.45, 2.75) is 45.0 Å². The molecule has 1 heterocycles. The average molecular weight is 286 g/mol. The highest BCUT2D eigenvalue weighted by Gasteiger charge is 2.44. The number of rotatable bonds is 4. The van der Waals surface area contributed by atoms with Crippen molar-refractivity contribution in [1.82, 2.24) is 10.2 Å². The van der Waals surface area contributed by atoms with E-state index in [1.165, 1.54) is 4.90 Å². The van der Waals surface area contributed by atoms with Crippen molar-refractivity contribution in [2.24, 2.45) is 11.3 Å². The number of nitrogens with one attached hydrogen (secondary N) is 1. The van der Waals surface area contributed by atoms with Gasteiger partial charge in [0.15, 0.2) is 0 Å². The van der Waals surface area contributed by atoms with Crippen LogP contribution in [0.15, 0.2) is 0 Å². The topological polar surface area (TPSA) is 69.6 Å². The number of urea groups is 1. The molecule has 0 aromatic rings. The van der Waals surface area contributed by atoms with Crippen molar-refractivity contribution in [3.63, 3.8) is 0 Å². The smallest absolute Gasteiger partial charge is 0.327 e. The summed E-state index contributed by atoms with van der Waals surface area (Å²) in [4.78, 5) is 25.1. The number of carbonyl (C=O) groups is 2. The van der Waals surface area contributed by atoms with E-state index in [-0.39, 0.29) is 22.7 Å². The second-order valence-corrected chi connectivity index (χ2v) is 7.35. The number of aliphatic carboxylic acids is 1. The lowest BCUT2D eigenvalue weighted by Crippen LogP contribution is -2.52. The first-order valence-corrected chi connectivity index (χ1v) is 7.79. The second-order valence-electron chi connectivity index (χ2n) is 6.20. The van der Waals surface area contributed by atoms with Crippen molar-refractivity contribution in [3.05, 3.63) is 0 Å². The van der Waals surface area contributed by atoms with Crippen LogP contribution in [-0.4, -0.2) is 45.7 Å². The summed E-state index contributed by atoms with van der Waals surface area (Å²) in [7, 11) is 0. The molecule has 0 spiro atoms. The Morgan fingerprint density at radius 2 is 2.11 bits per heavy atom. The fourth-order valence-electron chi connectivity index (χ4n) is 2.26. The number of hydrogen-bond acceptors (Lipinski definition) is 3. The summed E-state index contributed by atoms with van der Waals surface area (Å²) >= 11 is 1.56. The molecule has 2 N–H and O–H groups in total. The predicted molar refractivity (Wildman–Crippen MR) is 75.1 cm³/mol. The predicted octanol–water partition coefficient (Wildman–Crippen LogP) is 1.98. The summed E-state index contributed by atoms with van der Waals surface area (Å²) in [5, 5.41) is 12.1. The van der Waals surface area contributed by atoms with Crippen LogP contribution in [0, 0.1) is 11.3 Å². The van der Waals surface area contributed by atoms with Crippen molar-refractivity contribution in [3.8, 4) is 0 Å². The van der Waals surface area contributed by atoms with Crippen LogP contribution in [0.1, 0.15) is 33.6 Å². The standard InChI is InChI=1S/C13H22N2O3S/c1-8(2)10-15(9(6-19-10)11(16)17)12(18)14-7-13(3)4-5-13/h8-10H,4-7H2,1-3H3,(H,14,18)(H,16,17). The van der Waals surface area contributed by atoms with Gasteiger partial charge in [-0.3, -0.25) is 4.90 Å². The molecule has 0 bridgehead atoms. The molecule has 2 aliphatic rings. The first-order chi connectivity index (χ1) is 8.84. The third kappa shape index (κ3) is 3.16. The molecule has 108 valence electrons. The Bertz CT molecular complexity index is 382. The molecule has 0 aromatic carbocycles. The Morgan fingerprint density at radius 1 is 1.47 bits per heavy atom. The fourth-order valence-corrected chi connectivity index (χ4v) is 3.73. The first-order valence-electron chi connectivity index (χ1n) is 6.75. The van der Waals surface area contributed by atoms with Crippen molar-refractivity contribution in [2.75, 3.05) is 12.3 Å². The molecule has 1 aliphatic carbocycles. The van der Waals surface area contributed by atoms with Gasteiger partial charge in [-0.15, -0.1) is 11.8 Å². The van der Waals surface area contributed by atoms with E-state index in [9.17, 15) is 14.7 Å². The molecule has 1 saturated heterocycles. The normalized spacial score (nSPS) is 28.5. The molecular formula is C13H22N2O3S. The quantitative estimate of drug-likeness (QED) is 0.829. The zero-order valence-electron chi connectivity index (χ0n) is 11.7. The molecule has 0 radical (unpaired) electrons. The van der Waals surface area contributed by atoms with Crippen molar-refractivity contribution >= 4 is 23.8 Å². The molecule has 2 amide bonds. The second kappa shape index (κ2) is 5.23. The summed E-state index contributed by atoms with van der Waals surface area (Å²) in [5.74, 6) is -0.192. The van der Waals surface area contributed by atoms with Gasteiger partial charge >= 0.3 is 12.0 Å². The summed E-state index contributed by atoms with van der Waals surface area (Å²) in [5.41, 5.74) is 0.231. The maximum absolute atomic E-state index is 12.3. The van der Waals surface area contributed by atoms with E-state index in [1.807, 2.05) is 13.8 Å². The molecule has 2 atom stereocenters. The Morgan fingerprint density at radius 3 is 2.58 bits per heavy atom. The lowest BCUT2D eigenvalue weighted by Gasteiger charge is -2.30. The van der Waals surface area contributed by atoms with Gasteiger partial charge in [-0.2, -0.15) is 0 Å². The molecule has 2 rings (SSSR count). The Balaban J connectivity index is 2.02. The lowest BCUT2D eigenvalue weighted by molar-refractivity contribution is -0.141. The average Bonchev–Trinajstić information content (AvgIpc) is 2.91. The van der Waals surface area contributed by atoms with E-state index < -0.39 is 12.0 Å². The molecule has 6 heteroatoms. The van der Waals surface area contributed by atoms with E-state index in [2.05, 4.69) is 12.2 Å². The summed E-state index contributed by atoms with van der Waals surface area (Å²) < 4.78 is 0. The van der Waals surface area contributed by atoms with Gasteiger partial charge in [0.1, 0.15) is 6.04 Å². The van der Waals surface area contributed by atoms with Crippen LogP contribution in [0.2, 0.25) is 0 Å². The minimum atomic E-state index is -0.913. The van der Waals surface area contributed by atoms with Gasteiger partial charge in [-0.1, -0.05) is 20.8 Å². The van der Waals surface area contributed by atoms with Crippen LogP contribution >= 0.6 is 11.8 Å². The maximum atomic E-state index is 12.3. The van der Waals surface area contributed by atoms with Gasteiger partial charge in [-0.05, 0) is 24.2 Å². The maximum Gasteiger partial charge on any atom is 0.327 e. The highest BCUT2D eigenvalue weighted by atomic mass is 32.2. The number of nitrogens with zero attached hydrogens (tertiary/aromatic N) is 1. The first kappa shape index (κ1) is 14.5. The SMILES string of the molecule is CC(C)C1SCC(C(=O)O)N1C(=O)NCC1(C)CC1. The highest BCUT2D eigenvalue weighted by Crippen LogP contribution is 2.44. The van der Waals surface area contributed by atoms with Crippen LogP contribution < -0.4 is 5.32 Å². The number of carboxylic acids is 1. The fraction of sp³-hybridized carbons (Fsp3) is 0.846. The van der Waals surface area contributed by atoms with Crippen LogP contribution in [0.4, 0.5) is 4.79 Å². The van der Waals surface area contributed by atoms with Crippen LogP contribution in [0.5, 0.6) is 0 Å². The van der Waals surface area contributed by atoms with Gasteiger partial charge in [0, 0.05) is 12.3 Å². The van der Waals surface area contributed by atoms with Crippen LogP contribution in [-0.2, 0) is 4.79 Å². The molecule has 1 saturated carbocycles. The van der Waals surface area contributed by atoms with E-state index >= 15 is 0 Å². The molecule has 2 unspecified atom stereocenters. The van der Waals surface area contributed by atoms with Gasteiger partial charge in [0.2, 0.25) is 0 Å². The highest BCUT2D eigenvalue weighted by molar-refractivity contribution is 8.00. The van der Waals surface area contributed by atoms with Gasteiger partial charge in [0.05, 0.1) is 5.37 Å². The lowest BCUT2D eigenvalue weighted by atomic mass is 10.1. The van der Waals surface area contributed by atoms with Crippen molar-refractivity contribution in [1.29, 1.82) is 0 Å². The van der Waals surface area contributed by atoms with Crippen LogP contribution in [0.25, 0.3) is 0 Å². The molecule has 2 fully saturated rings. The Hall–Kier alpha value is -0.910. The molecule has 5 nitrogen and oxygen atoms in total. The monoisotopic (exact) mass is 286 g/mol. The number of thioether (sulfide) groups is 1. The largest absolute Gasteiger partial charge is 0.480 e. The van der Waals surface area contributed by atoms with E-state index in [1.54, 1.807) is 11.8 Å². The van der Waals surface area contributed by atoms with E-state index in [4.69, 9.17) is 0 Å². The number of carbonyl (C=O) groups excluding carboxylic acids is 1. The number of carboxylic acid groups (broad SMARTS) is 1. The zero-order valence-corrected chi connectivity index (χ0v) is 12.5. The molecule has 19 heavy (non-hydrogen) atoms. The summed E-state index contributed by atoms with van der Waals surface area (Å²) in [6.45, 7) is 6.82. The van der Waals surface area contributed by atoms with Crippen molar-refractivity contribution < 1.29 is 14.7 Å². The van der Waals surface area contributed by atoms with Gasteiger partial charge < -0.3 is 10.4 Å². The molecule has 1 aliphatic heterocycles.